The van der Waals surface area contributed by atoms with E-state index >= 15 is 0 Å². The van der Waals surface area contributed by atoms with E-state index in [9.17, 15) is 0 Å². The second kappa shape index (κ2) is 6.57. The van der Waals surface area contributed by atoms with Gasteiger partial charge in [0.2, 0.25) is 5.95 Å². The van der Waals surface area contributed by atoms with E-state index in [4.69, 9.17) is 4.74 Å². The maximum absolute atomic E-state index is 5.51. The molecule has 0 atom stereocenters. The smallest absolute Gasteiger partial charge is 0.229 e. The molecule has 24 heavy (non-hydrogen) atoms. The molecular weight excluding hydrogens is 304 g/mol. The van der Waals surface area contributed by atoms with Crippen LogP contribution < -0.4 is 15.4 Å². The number of methoxy groups -OCH3 is 1. The largest absolute Gasteiger partial charge is 0.494 e. The molecule has 0 aliphatic carbocycles. The van der Waals surface area contributed by atoms with Gasteiger partial charge in [-0.1, -0.05) is 0 Å². The Morgan fingerprint density at radius 1 is 1.08 bits per heavy atom. The van der Waals surface area contributed by atoms with Gasteiger partial charge in [-0.3, -0.25) is 0 Å². The molecule has 0 bridgehead atoms. The molecule has 0 unspecified atom stereocenters. The van der Waals surface area contributed by atoms with Crippen LogP contribution in [-0.4, -0.2) is 33.7 Å². The van der Waals surface area contributed by atoms with Crippen molar-refractivity contribution in [1.29, 1.82) is 0 Å². The van der Waals surface area contributed by atoms with Crippen LogP contribution in [0.3, 0.4) is 0 Å². The molecule has 3 rings (SSSR count). The number of ether oxygens (including phenoxy) is 1. The molecule has 7 nitrogen and oxygen atoms in total. The Kier molecular flexibility index (Phi) is 4.33. The fourth-order valence-corrected chi connectivity index (χ4v) is 2.40. The van der Waals surface area contributed by atoms with Gasteiger partial charge < -0.3 is 19.9 Å². The molecular formula is C17H20N6O. The molecule has 0 aliphatic rings. The third-order valence-electron chi connectivity index (χ3n) is 3.54. The highest BCUT2D eigenvalue weighted by molar-refractivity contribution is 5.62. The average molecular weight is 324 g/mol. The topological polar surface area (TPSA) is 76.9 Å². The highest BCUT2D eigenvalue weighted by atomic mass is 16.5. The minimum Gasteiger partial charge on any atom is -0.494 e. The van der Waals surface area contributed by atoms with Crippen LogP contribution in [0.15, 0.2) is 36.8 Å². The van der Waals surface area contributed by atoms with Crippen LogP contribution in [0.25, 0.3) is 5.69 Å². The molecule has 0 spiro atoms. The van der Waals surface area contributed by atoms with Gasteiger partial charge in [-0.25, -0.2) is 9.97 Å². The Balaban J connectivity index is 1.91. The lowest BCUT2D eigenvalue weighted by molar-refractivity contribution is 0.413. The third kappa shape index (κ3) is 3.29. The zero-order chi connectivity index (χ0) is 17.1. The zero-order valence-corrected chi connectivity index (χ0v) is 14.2. The minimum atomic E-state index is 0.535. The fraction of sp³-hybridized carbons (Fsp3) is 0.235. The van der Waals surface area contributed by atoms with Crippen molar-refractivity contribution in [3.63, 3.8) is 0 Å². The Hall–Kier alpha value is -3.09. The van der Waals surface area contributed by atoms with E-state index in [-0.39, 0.29) is 0 Å². The van der Waals surface area contributed by atoms with Gasteiger partial charge in [0.15, 0.2) is 0 Å². The summed E-state index contributed by atoms with van der Waals surface area (Å²) in [6.45, 7) is 3.88. The van der Waals surface area contributed by atoms with E-state index in [1.807, 2.05) is 55.9 Å². The third-order valence-corrected chi connectivity index (χ3v) is 3.54. The lowest BCUT2D eigenvalue weighted by Crippen LogP contribution is -2.03. The normalized spacial score (nSPS) is 10.5. The number of benzene rings is 1. The van der Waals surface area contributed by atoms with Crippen molar-refractivity contribution in [3.8, 4) is 11.4 Å². The Morgan fingerprint density at radius 3 is 2.58 bits per heavy atom. The summed E-state index contributed by atoms with van der Waals surface area (Å²) >= 11 is 0. The summed E-state index contributed by atoms with van der Waals surface area (Å²) in [5, 5.41) is 6.23. The van der Waals surface area contributed by atoms with Crippen LogP contribution >= 0.6 is 0 Å². The first kappa shape index (κ1) is 15.8. The first-order chi connectivity index (χ1) is 11.6. The molecule has 0 saturated heterocycles. The van der Waals surface area contributed by atoms with Gasteiger partial charge in [-0.15, -0.1) is 0 Å². The highest BCUT2D eigenvalue weighted by Crippen LogP contribution is 2.28. The summed E-state index contributed by atoms with van der Waals surface area (Å²) in [5.74, 6) is 2.04. The van der Waals surface area contributed by atoms with E-state index in [2.05, 4.69) is 25.6 Å². The number of imidazole rings is 1. The van der Waals surface area contributed by atoms with Crippen molar-refractivity contribution in [2.24, 2.45) is 0 Å². The summed E-state index contributed by atoms with van der Waals surface area (Å²) in [5.41, 5.74) is 3.60. The summed E-state index contributed by atoms with van der Waals surface area (Å²) in [6, 6.07) is 7.72. The van der Waals surface area contributed by atoms with Crippen LogP contribution in [0.5, 0.6) is 5.75 Å². The Labute approximate surface area is 140 Å². The van der Waals surface area contributed by atoms with Gasteiger partial charge in [-0.2, -0.15) is 4.98 Å². The SMILES string of the molecule is CNc1cc(C)nc(Nc2ccc(-n3cnc(C)c3)c(OC)c2)n1. The van der Waals surface area contributed by atoms with E-state index in [0.29, 0.717) is 5.95 Å². The summed E-state index contributed by atoms with van der Waals surface area (Å²) in [7, 11) is 3.48. The molecule has 3 aromatic rings. The Morgan fingerprint density at radius 2 is 1.92 bits per heavy atom. The molecule has 0 radical (unpaired) electrons. The number of anilines is 3. The number of aryl methyl sites for hydroxylation is 2. The maximum Gasteiger partial charge on any atom is 0.229 e. The van der Waals surface area contributed by atoms with Crippen LogP contribution in [-0.2, 0) is 0 Å². The summed E-state index contributed by atoms with van der Waals surface area (Å²) in [6.07, 6.45) is 3.72. The molecule has 124 valence electrons. The second-order valence-electron chi connectivity index (χ2n) is 5.40. The molecule has 2 N–H and O–H groups in total. The van der Waals surface area contributed by atoms with E-state index in [0.717, 1.165) is 34.3 Å². The number of nitrogens with zero attached hydrogens (tertiary/aromatic N) is 4. The zero-order valence-electron chi connectivity index (χ0n) is 14.2. The Bertz CT molecular complexity index is 858. The van der Waals surface area contributed by atoms with Gasteiger partial charge in [0.05, 0.1) is 24.8 Å². The molecule has 0 fully saturated rings. The predicted molar refractivity (Wildman–Crippen MR) is 94.5 cm³/mol. The van der Waals surface area contributed by atoms with E-state index in [1.165, 1.54) is 0 Å². The van der Waals surface area contributed by atoms with E-state index in [1.54, 1.807) is 13.4 Å². The van der Waals surface area contributed by atoms with E-state index < -0.39 is 0 Å². The molecule has 0 amide bonds. The van der Waals surface area contributed by atoms with Crippen molar-refractivity contribution >= 4 is 17.5 Å². The van der Waals surface area contributed by atoms with Gasteiger partial charge in [-0.05, 0) is 26.0 Å². The van der Waals surface area contributed by atoms with Crippen LogP contribution in [0, 0.1) is 13.8 Å². The van der Waals surface area contributed by atoms with Crippen molar-refractivity contribution < 1.29 is 4.74 Å². The second-order valence-corrected chi connectivity index (χ2v) is 5.40. The number of rotatable bonds is 5. The van der Waals surface area contributed by atoms with Crippen molar-refractivity contribution in [2.45, 2.75) is 13.8 Å². The lowest BCUT2D eigenvalue weighted by Gasteiger charge is -2.12. The fourth-order valence-electron chi connectivity index (χ4n) is 2.40. The first-order valence-corrected chi connectivity index (χ1v) is 7.58. The molecule has 7 heteroatoms. The quantitative estimate of drug-likeness (QED) is 0.751. The van der Waals surface area contributed by atoms with Crippen LogP contribution in [0.2, 0.25) is 0 Å². The number of nitrogens with one attached hydrogen (secondary N) is 2. The number of hydrogen-bond donors (Lipinski definition) is 2. The predicted octanol–water partition coefficient (Wildman–Crippen LogP) is 3.07. The molecule has 1 aromatic carbocycles. The van der Waals surface area contributed by atoms with Crippen molar-refractivity contribution in [2.75, 3.05) is 24.8 Å². The standard InChI is InChI=1S/C17H20N6O/c1-11-7-16(18-3)22-17(20-11)21-13-5-6-14(15(8-13)24-4)23-9-12(2)19-10-23/h5-10H,1-4H3,(H2,18,20,21,22). The molecule has 0 saturated carbocycles. The van der Waals surface area contributed by atoms with Gasteiger partial charge in [0, 0.05) is 36.8 Å². The maximum atomic E-state index is 5.51. The van der Waals surface area contributed by atoms with Crippen molar-refractivity contribution in [1.82, 2.24) is 19.5 Å². The molecule has 2 aromatic heterocycles. The van der Waals surface area contributed by atoms with Crippen LogP contribution in [0.4, 0.5) is 17.5 Å². The first-order valence-electron chi connectivity index (χ1n) is 7.58. The summed E-state index contributed by atoms with van der Waals surface area (Å²) in [4.78, 5) is 13.0. The minimum absolute atomic E-state index is 0.535. The molecule has 0 aliphatic heterocycles. The number of aromatic nitrogens is 4. The number of hydrogen-bond acceptors (Lipinski definition) is 6. The van der Waals surface area contributed by atoms with Gasteiger partial charge in [0.1, 0.15) is 11.6 Å². The average Bonchev–Trinajstić information content (AvgIpc) is 3.00. The monoisotopic (exact) mass is 324 g/mol. The van der Waals surface area contributed by atoms with Crippen LogP contribution in [0.1, 0.15) is 11.4 Å². The lowest BCUT2D eigenvalue weighted by atomic mass is 10.2. The van der Waals surface area contributed by atoms with Crippen molar-refractivity contribution in [3.05, 3.63) is 48.2 Å². The highest BCUT2D eigenvalue weighted by Gasteiger charge is 2.09. The van der Waals surface area contributed by atoms with Gasteiger partial charge in [0.25, 0.3) is 0 Å². The summed E-state index contributed by atoms with van der Waals surface area (Å²) < 4.78 is 7.44. The molecule has 2 heterocycles. The van der Waals surface area contributed by atoms with Gasteiger partial charge >= 0.3 is 0 Å².